The maximum absolute atomic E-state index is 14.6. The van der Waals surface area contributed by atoms with Gasteiger partial charge < -0.3 is 20.1 Å². The zero-order valence-electron chi connectivity index (χ0n) is 19.2. The quantitative estimate of drug-likeness (QED) is 0.555. The molecule has 1 aliphatic heterocycles. The Labute approximate surface area is 194 Å². The monoisotopic (exact) mass is 456 g/mol. The number of pyridine rings is 1. The van der Waals surface area contributed by atoms with Gasteiger partial charge in [-0.2, -0.15) is 0 Å². The molecular formula is C24H33FN6O2. The van der Waals surface area contributed by atoms with Gasteiger partial charge in [-0.05, 0) is 56.6 Å². The van der Waals surface area contributed by atoms with Gasteiger partial charge in [-0.1, -0.05) is 0 Å². The van der Waals surface area contributed by atoms with Gasteiger partial charge in [0.25, 0.3) is 0 Å². The van der Waals surface area contributed by atoms with Gasteiger partial charge in [0.1, 0.15) is 5.69 Å². The van der Waals surface area contributed by atoms with Crippen LogP contribution in [-0.2, 0) is 9.47 Å². The minimum Gasteiger partial charge on any atom is -0.385 e. The molecular weight excluding hydrogens is 423 g/mol. The van der Waals surface area contributed by atoms with Crippen LogP contribution < -0.4 is 10.6 Å². The molecule has 0 bridgehead atoms. The molecule has 9 heteroatoms. The van der Waals surface area contributed by atoms with Crippen LogP contribution in [0.5, 0.6) is 0 Å². The highest BCUT2D eigenvalue weighted by Gasteiger charge is 2.18. The highest BCUT2D eigenvalue weighted by molar-refractivity contribution is 5.87. The van der Waals surface area contributed by atoms with E-state index < -0.39 is 5.82 Å². The van der Waals surface area contributed by atoms with Crippen molar-refractivity contribution in [2.75, 3.05) is 45.3 Å². The van der Waals surface area contributed by atoms with E-state index in [0.717, 1.165) is 76.2 Å². The highest BCUT2D eigenvalue weighted by atomic mass is 19.1. The predicted molar refractivity (Wildman–Crippen MR) is 126 cm³/mol. The molecule has 33 heavy (non-hydrogen) atoms. The Morgan fingerprint density at radius 3 is 2.79 bits per heavy atom. The molecule has 2 aromatic heterocycles. The van der Waals surface area contributed by atoms with E-state index in [1.54, 1.807) is 13.3 Å². The number of nitrogens with zero attached hydrogens (tertiary/aromatic N) is 4. The van der Waals surface area contributed by atoms with Gasteiger partial charge >= 0.3 is 0 Å². The molecule has 0 spiro atoms. The van der Waals surface area contributed by atoms with Gasteiger partial charge in [0.15, 0.2) is 5.82 Å². The van der Waals surface area contributed by atoms with Crippen LogP contribution >= 0.6 is 0 Å². The maximum atomic E-state index is 14.6. The van der Waals surface area contributed by atoms with Gasteiger partial charge in [-0.25, -0.2) is 19.4 Å². The molecule has 2 fully saturated rings. The van der Waals surface area contributed by atoms with Crippen LogP contribution in [0.15, 0.2) is 29.5 Å². The van der Waals surface area contributed by atoms with Gasteiger partial charge in [-0.15, -0.1) is 0 Å². The molecule has 1 saturated heterocycles. The number of methoxy groups -OCH3 is 1. The minimum atomic E-state index is -0.501. The predicted octanol–water partition coefficient (Wildman–Crippen LogP) is 3.77. The lowest BCUT2D eigenvalue weighted by Gasteiger charge is -2.24. The van der Waals surface area contributed by atoms with Crippen LogP contribution in [0, 0.1) is 11.7 Å². The average molecular weight is 457 g/mol. The van der Waals surface area contributed by atoms with E-state index >= 15 is 0 Å². The molecule has 1 aliphatic carbocycles. The van der Waals surface area contributed by atoms with Crippen molar-refractivity contribution in [2.24, 2.45) is 10.9 Å². The van der Waals surface area contributed by atoms with Gasteiger partial charge in [0.05, 0.1) is 18.5 Å². The summed E-state index contributed by atoms with van der Waals surface area (Å²) in [6, 6.07) is 4.20. The van der Waals surface area contributed by atoms with Crippen molar-refractivity contribution in [2.45, 2.75) is 44.6 Å². The van der Waals surface area contributed by atoms with Crippen molar-refractivity contribution in [1.82, 2.24) is 20.3 Å². The molecule has 0 unspecified atom stereocenters. The topological polar surface area (TPSA) is 93.5 Å². The molecule has 0 atom stereocenters. The normalized spacial score (nSPS) is 19.5. The minimum absolute atomic E-state index is 0.175. The van der Waals surface area contributed by atoms with Crippen LogP contribution in [0.3, 0.4) is 0 Å². The molecule has 2 N–H and O–H groups in total. The van der Waals surface area contributed by atoms with Crippen LogP contribution in [-0.4, -0.2) is 66.7 Å². The number of hydrogen-bond donors (Lipinski definition) is 2. The Bertz CT molecular complexity index is 925. The van der Waals surface area contributed by atoms with Crippen LogP contribution in [0.2, 0.25) is 0 Å². The number of rotatable bonds is 9. The highest BCUT2D eigenvalue weighted by Crippen LogP contribution is 2.25. The molecule has 1 saturated carbocycles. The second kappa shape index (κ2) is 12.1. The first-order valence-electron chi connectivity index (χ1n) is 11.8. The lowest BCUT2D eigenvalue weighted by molar-refractivity contribution is 0.0699. The summed E-state index contributed by atoms with van der Waals surface area (Å²) in [7, 11) is 1.71. The lowest BCUT2D eigenvalue weighted by atomic mass is 9.93. The van der Waals surface area contributed by atoms with E-state index in [-0.39, 0.29) is 11.6 Å². The van der Waals surface area contributed by atoms with Crippen molar-refractivity contribution in [3.63, 3.8) is 0 Å². The van der Waals surface area contributed by atoms with Crippen molar-refractivity contribution in [1.29, 1.82) is 0 Å². The average Bonchev–Trinajstić information content (AvgIpc) is 2.86. The Morgan fingerprint density at radius 2 is 2.00 bits per heavy atom. The van der Waals surface area contributed by atoms with Crippen molar-refractivity contribution < 1.29 is 13.9 Å². The van der Waals surface area contributed by atoms with Gasteiger partial charge in [0.2, 0.25) is 5.95 Å². The van der Waals surface area contributed by atoms with Crippen molar-refractivity contribution >= 4 is 17.3 Å². The summed E-state index contributed by atoms with van der Waals surface area (Å²) in [6.07, 6.45) is 8.75. The molecule has 0 amide bonds. The third-order valence-electron chi connectivity index (χ3n) is 6.23. The Morgan fingerprint density at radius 1 is 1.18 bits per heavy atom. The number of ether oxygens (including phenoxy) is 2. The Kier molecular flexibility index (Phi) is 8.68. The molecule has 3 heterocycles. The van der Waals surface area contributed by atoms with Crippen molar-refractivity contribution in [3.05, 3.63) is 30.3 Å². The van der Waals surface area contributed by atoms with Gasteiger partial charge in [-0.3, -0.25) is 4.98 Å². The summed E-state index contributed by atoms with van der Waals surface area (Å²) < 4.78 is 25.1. The number of anilines is 1. The largest absolute Gasteiger partial charge is 0.385 e. The first-order chi connectivity index (χ1) is 16.2. The number of aliphatic imine (C=N–C) groups is 1. The third kappa shape index (κ3) is 6.99. The molecule has 2 aliphatic rings. The van der Waals surface area contributed by atoms with E-state index in [9.17, 15) is 4.39 Å². The van der Waals surface area contributed by atoms with E-state index in [1.807, 2.05) is 12.1 Å². The Balaban J connectivity index is 1.39. The van der Waals surface area contributed by atoms with E-state index in [4.69, 9.17) is 9.47 Å². The Hall–Kier alpha value is -2.49. The first kappa shape index (κ1) is 23.7. The first-order valence-corrected chi connectivity index (χ1v) is 11.8. The number of hydrogen-bond acceptors (Lipinski definition) is 8. The fraction of sp³-hybridized carbons (Fsp3) is 0.583. The van der Waals surface area contributed by atoms with Gasteiger partial charge in [0, 0.05) is 57.1 Å². The van der Waals surface area contributed by atoms with Crippen LogP contribution in [0.1, 0.15) is 38.5 Å². The smallest absolute Gasteiger partial charge is 0.250 e. The lowest BCUT2D eigenvalue weighted by Crippen LogP contribution is -2.35. The molecule has 178 valence electrons. The van der Waals surface area contributed by atoms with E-state index in [1.165, 1.54) is 6.20 Å². The summed E-state index contributed by atoms with van der Waals surface area (Å²) in [4.78, 5) is 17.4. The van der Waals surface area contributed by atoms with Crippen molar-refractivity contribution in [3.8, 4) is 11.4 Å². The zero-order valence-corrected chi connectivity index (χ0v) is 19.2. The number of nitrogens with one attached hydrogen (secondary N) is 2. The molecule has 4 rings (SSSR count). The summed E-state index contributed by atoms with van der Waals surface area (Å²) in [5.74, 6) is 0.368. The molecule has 8 nitrogen and oxygen atoms in total. The summed E-state index contributed by atoms with van der Waals surface area (Å²) in [5, 5.41) is 6.94. The standard InChI is InChI=1S/C24H33FN6O2/c1-32-13-10-26-18-2-4-19(5-3-18)30-24-29-16-21(25)23(31-24)22-14-20(6-9-27-22)28-15-17-7-11-33-12-8-17/h6,9,14,16-18,26H,2-5,7-8,10-13,15H2,1H3,(H,27,28). The summed E-state index contributed by atoms with van der Waals surface area (Å²) in [6.45, 7) is 4.06. The number of halogens is 1. The molecule has 0 radical (unpaired) electrons. The second-order valence-corrected chi connectivity index (χ2v) is 8.63. The summed E-state index contributed by atoms with van der Waals surface area (Å²) in [5.41, 5.74) is 2.60. The summed E-state index contributed by atoms with van der Waals surface area (Å²) >= 11 is 0. The van der Waals surface area contributed by atoms with E-state index in [2.05, 4.69) is 30.6 Å². The van der Waals surface area contributed by atoms with E-state index in [0.29, 0.717) is 24.3 Å². The number of aromatic nitrogens is 3. The SMILES string of the molecule is COCCNC1CCC(=Nc2ncc(F)c(-c3cc(NCC4CCOCC4)ccn3)n2)CC1. The fourth-order valence-corrected chi connectivity index (χ4v) is 4.25. The van der Waals surface area contributed by atoms with Crippen LogP contribution in [0.4, 0.5) is 16.0 Å². The third-order valence-corrected chi connectivity index (χ3v) is 6.23. The fourth-order valence-electron chi connectivity index (χ4n) is 4.25. The second-order valence-electron chi connectivity index (χ2n) is 8.63. The molecule has 0 aromatic carbocycles. The van der Waals surface area contributed by atoms with Crippen LogP contribution in [0.25, 0.3) is 11.4 Å². The maximum Gasteiger partial charge on any atom is 0.250 e. The zero-order chi connectivity index (χ0) is 22.9. The molecule has 2 aromatic rings.